The smallest absolute Gasteiger partial charge is 0.146 e. The summed E-state index contributed by atoms with van der Waals surface area (Å²) in [4.78, 5) is 7.57. The molecule has 14 rings (SSSR count). The zero-order valence-corrected chi connectivity index (χ0v) is 35.1. The Morgan fingerprint density at radius 1 is 0.422 bits per heavy atom. The van der Waals surface area contributed by atoms with Crippen molar-refractivity contribution in [3.05, 3.63) is 212 Å². The Morgan fingerprint density at radius 2 is 0.969 bits per heavy atom. The minimum atomic E-state index is 0.939. The van der Waals surface area contributed by atoms with Crippen LogP contribution in [0.2, 0.25) is 0 Å². The molecule has 0 aliphatic carbocycles. The van der Waals surface area contributed by atoms with Crippen LogP contribution in [-0.2, 0) is 6.42 Å². The number of pyridine rings is 1. The van der Waals surface area contributed by atoms with Crippen molar-refractivity contribution in [3.8, 4) is 22.5 Å². The van der Waals surface area contributed by atoms with Gasteiger partial charge >= 0.3 is 0 Å². The van der Waals surface area contributed by atoms with Gasteiger partial charge in [0.05, 0.1) is 44.3 Å². The van der Waals surface area contributed by atoms with Gasteiger partial charge < -0.3 is 14.0 Å². The lowest BCUT2D eigenvalue weighted by Crippen LogP contribution is -2.21. The Kier molecular flexibility index (Phi) is 7.18. The number of aromatic nitrogens is 4. The summed E-state index contributed by atoms with van der Waals surface area (Å²) in [5.41, 5.74) is 19.3. The van der Waals surface area contributed by atoms with E-state index in [0.29, 0.717) is 0 Å². The third-order valence-corrected chi connectivity index (χ3v) is 13.9. The summed E-state index contributed by atoms with van der Waals surface area (Å²) in [5, 5.41) is 8.38. The average Bonchev–Trinajstić information content (AvgIpc) is 4.02. The highest BCUT2D eigenvalue weighted by atomic mass is 15.2. The molecule has 300 valence electrons. The number of rotatable bonds is 4. The van der Waals surface area contributed by atoms with Crippen molar-refractivity contribution in [2.75, 3.05) is 4.90 Å². The molecule has 0 saturated carbocycles. The highest BCUT2D eigenvalue weighted by Gasteiger charge is 2.29. The van der Waals surface area contributed by atoms with Gasteiger partial charge in [-0.3, -0.25) is 4.40 Å². The van der Waals surface area contributed by atoms with E-state index in [1.54, 1.807) is 0 Å². The van der Waals surface area contributed by atoms with Gasteiger partial charge in [-0.25, -0.2) is 4.98 Å². The van der Waals surface area contributed by atoms with E-state index in [-0.39, 0.29) is 0 Å². The largest absolute Gasteiger partial charge is 0.310 e. The van der Waals surface area contributed by atoms with Crippen LogP contribution in [0.1, 0.15) is 18.1 Å². The molecule has 0 N–H and O–H groups in total. The summed E-state index contributed by atoms with van der Waals surface area (Å²) in [6.07, 6.45) is 0.939. The van der Waals surface area contributed by atoms with Crippen LogP contribution in [0, 0.1) is 0 Å². The second-order valence-electron chi connectivity index (χ2n) is 17.1. The van der Waals surface area contributed by atoms with E-state index in [0.717, 1.165) is 62.3 Å². The molecule has 0 fully saturated rings. The summed E-state index contributed by atoms with van der Waals surface area (Å²) in [7, 11) is 0. The predicted octanol–water partition coefficient (Wildman–Crippen LogP) is 15.3. The molecule has 5 nitrogen and oxygen atoms in total. The lowest BCUT2D eigenvalue weighted by atomic mass is 9.90. The van der Waals surface area contributed by atoms with Crippen LogP contribution < -0.4 is 4.90 Å². The van der Waals surface area contributed by atoms with Crippen LogP contribution in [0.3, 0.4) is 0 Å². The van der Waals surface area contributed by atoms with Crippen molar-refractivity contribution in [1.82, 2.24) is 18.5 Å². The molecule has 0 radical (unpaired) electrons. The Balaban J connectivity index is 1.06. The van der Waals surface area contributed by atoms with Gasteiger partial charge in [-0.2, -0.15) is 0 Å². The first kappa shape index (κ1) is 35.2. The molecular formula is C59H39N5. The van der Waals surface area contributed by atoms with Crippen LogP contribution in [-0.4, -0.2) is 18.5 Å². The molecule has 0 bridgehead atoms. The maximum Gasteiger partial charge on any atom is 0.146 e. The summed E-state index contributed by atoms with van der Waals surface area (Å²) in [5.74, 6) is 0. The predicted molar refractivity (Wildman–Crippen MR) is 269 cm³/mol. The number of imidazole rings is 1. The van der Waals surface area contributed by atoms with Gasteiger partial charge in [0.2, 0.25) is 0 Å². The minimum absolute atomic E-state index is 0.939. The van der Waals surface area contributed by atoms with Gasteiger partial charge in [0, 0.05) is 66.2 Å². The normalized spacial score (nSPS) is 12.8. The first-order valence-corrected chi connectivity index (χ1v) is 22.1. The molecule has 4 aromatic heterocycles. The Labute approximate surface area is 368 Å². The third kappa shape index (κ3) is 4.65. The van der Waals surface area contributed by atoms with Crippen LogP contribution in [0.25, 0.3) is 110 Å². The molecule has 0 spiro atoms. The number of anilines is 2. The lowest BCUT2D eigenvalue weighted by molar-refractivity contribution is 1.11. The van der Waals surface area contributed by atoms with Crippen molar-refractivity contribution in [3.63, 3.8) is 0 Å². The van der Waals surface area contributed by atoms with E-state index in [9.17, 15) is 0 Å². The summed E-state index contributed by atoms with van der Waals surface area (Å²) in [6.45, 7) is 6.99. The quantitative estimate of drug-likeness (QED) is 0.166. The maximum absolute atomic E-state index is 5.22. The molecule has 1 aliphatic rings. The Morgan fingerprint density at radius 3 is 1.69 bits per heavy atom. The van der Waals surface area contributed by atoms with Crippen LogP contribution in [0.5, 0.6) is 0 Å². The van der Waals surface area contributed by atoms with Gasteiger partial charge in [-0.15, -0.1) is 0 Å². The SMILES string of the molecule is C=C1c2ccc(-n3c4ccccc4c4ccc5c6ccccc6n(-c6ccc7c(c6)c6ccccc6n6c8ccccc8nc76)c5c43)cc2-c2ccccc2N1c1ccccc1CC. The first-order valence-electron chi connectivity index (χ1n) is 22.1. The zero-order chi connectivity index (χ0) is 42.2. The molecule has 0 unspecified atom stereocenters. The molecule has 5 heterocycles. The highest BCUT2D eigenvalue weighted by Crippen LogP contribution is 2.50. The van der Waals surface area contributed by atoms with Gasteiger partial charge in [-0.1, -0.05) is 135 Å². The first-order chi connectivity index (χ1) is 31.7. The number of nitrogens with zero attached hydrogens (tertiary/aromatic N) is 5. The average molecular weight is 818 g/mol. The number of fused-ring (bicyclic) bond motifs is 18. The summed E-state index contributed by atoms with van der Waals surface area (Å²) >= 11 is 0. The minimum Gasteiger partial charge on any atom is -0.310 e. The van der Waals surface area contributed by atoms with E-state index in [4.69, 9.17) is 11.6 Å². The van der Waals surface area contributed by atoms with Gasteiger partial charge in [0.1, 0.15) is 5.65 Å². The lowest BCUT2D eigenvalue weighted by Gasteiger charge is -2.36. The topological polar surface area (TPSA) is 30.4 Å². The fourth-order valence-corrected chi connectivity index (χ4v) is 11.1. The highest BCUT2D eigenvalue weighted by molar-refractivity contribution is 6.24. The Hall–Kier alpha value is -8.41. The van der Waals surface area contributed by atoms with Crippen molar-refractivity contribution >= 4 is 99.0 Å². The number of para-hydroxylation sites is 7. The van der Waals surface area contributed by atoms with E-state index in [2.05, 4.69) is 219 Å². The van der Waals surface area contributed by atoms with Crippen molar-refractivity contribution in [1.29, 1.82) is 0 Å². The zero-order valence-electron chi connectivity index (χ0n) is 35.1. The number of aryl methyl sites for hydroxylation is 1. The number of hydrogen-bond acceptors (Lipinski definition) is 2. The maximum atomic E-state index is 5.22. The summed E-state index contributed by atoms with van der Waals surface area (Å²) in [6, 6.07) is 71.0. The van der Waals surface area contributed by atoms with Crippen molar-refractivity contribution in [2.45, 2.75) is 13.3 Å². The monoisotopic (exact) mass is 817 g/mol. The Bertz CT molecular complexity index is 4160. The molecule has 5 heteroatoms. The van der Waals surface area contributed by atoms with E-state index < -0.39 is 0 Å². The van der Waals surface area contributed by atoms with E-state index in [1.807, 2.05) is 0 Å². The summed E-state index contributed by atoms with van der Waals surface area (Å²) < 4.78 is 7.33. The fourth-order valence-electron chi connectivity index (χ4n) is 11.1. The van der Waals surface area contributed by atoms with Crippen molar-refractivity contribution in [2.24, 2.45) is 0 Å². The van der Waals surface area contributed by atoms with Gasteiger partial charge in [0.15, 0.2) is 0 Å². The molecule has 9 aromatic carbocycles. The molecule has 0 amide bonds. The molecule has 0 atom stereocenters. The molecule has 13 aromatic rings. The molecule has 0 saturated heterocycles. The molecule has 64 heavy (non-hydrogen) atoms. The second kappa shape index (κ2) is 13.1. The van der Waals surface area contributed by atoms with Crippen LogP contribution >= 0.6 is 0 Å². The van der Waals surface area contributed by atoms with Crippen LogP contribution in [0.4, 0.5) is 11.4 Å². The van der Waals surface area contributed by atoms with Crippen LogP contribution in [0.15, 0.2) is 201 Å². The number of hydrogen-bond donors (Lipinski definition) is 0. The molecule has 1 aliphatic heterocycles. The standard InChI is InChI=1S/C59H39N5/c1-3-37-16-4-10-22-51(37)61-36(2)40-30-28-38(34-48(40)43-19-7-11-23-52(43)61)62-53-24-12-5-17-41(53)45-32-33-46-42-18-6-13-25-54(42)63(58(46)57(45)62)39-29-31-47-49(35-39)44-20-8-14-26-55(44)64-56-27-15-9-21-50(56)60-59(47)64/h4-35H,2-3H2,1H3. The fraction of sp³-hybridized carbons (Fsp3) is 0.0339. The second-order valence-corrected chi connectivity index (χ2v) is 17.1. The van der Waals surface area contributed by atoms with Gasteiger partial charge in [0.25, 0.3) is 0 Å². The third-order valence-electron chi connectivity index (χ3n) is 13.9. The van der Waals surface area contributed by atoms with E-state index in [1.165, 1.54) is 76.8 Å². The van der Waals surface area contributed by atoms with Crippen molar-refractivity contribution < 1.29 is 0 Å². The van der Waals surface area contributed by atoms with Gasteiger partial charge in [-0.05, 0) is 95.7 Å². The number of benzene rings is 9. The van der Waals surface area contributed by atoms with E-state index >= 15 is 0 Å². The molecular weight excluding hydrogens is 779 g/mol.